The van der Waals surface area contributed by atoms with Crippen molar-refractivity contribution in [3.63, 3.8) is 0 Å². The Kier molecular flexibility index (Phi) is 6.97. The van der Waals surface area contributed by atoms with E-state index in [1.807, 2.05) is 29.2 Å². The second kappa shape index (κ2) is 10.2. The van der Waals surface area contributed by atoms with Crippen molar-refractivity contribution in [2.45, 2.75) is 25.8 Å². The van der Waals surface area contributed by atoms with Crippen molar-refractivity contribution >= 4 is 11.8 Å². The number of nitrogens with zero attached hydrogens (tertiary/aromatic N) is 5. The molecule has 0 spiro atoms. The zero-order valence-corrected chi connectivity index (χ0v) is 18.9. The van der Waals surface area contributed by atoms with Gasteiger partial charge in [-0.25, -0.2) is 9.97 Å². The van der Waals surface area contributed by atoms with Crippen LogP contribution in [0.1, 0.15) is 44.8 Å². The van der Waals surface area contributed by atoms with Gasteiger partial charge < -0.3 is 15.0 Å². The molecule has 9 heteroatoms. The van der Waals surface area contributed by atoms with Crippen molar-refractivity contribution in [2.24, 2.45) is 13.0 Å². The smallest absolute Gasteiger partial charge is 0.257 e. The average Bonchev–Trinajstić information content (AvgIpc) is 3.29. The van der Waals surface area contributed by atoms with E-state index in [4.69, 9.17) is 4.74 Å². The van der Waals surface area contributed by atoms with Gasteiger partial charge in [0.05, 0.1) is 30.1 Å². The van der Waals surface area contributed by atoms with Crippen LogP contribution in [-0.2, 0) is 20.0 Å². The molecule has 0 saturated carbocycles. The fourth-order valence-electron chi connectivity index (χ4n) is 4.15. The Morgan fingerprint density at radius 1 is 1.18 bits per heavy atom. The largest absolute Gasteiger partial charge is 0.496 e. The number of nitrogens with one attached hydrogen (secondary N) is 1. The van der Waals surface area contributed by atoms with Gasteiger partial charge in [0.2, 0.25) is 0 Å². The van der Waals surface area contributed by atoms with Crippen molar-refractivity contribution in [1.29, 1.82) is 0 Å². The zero-order chi connectivity index (χ0) is 23.2. The van der Waals surface area contributed by atoms with Gasteiger partial charge in [0.25, 0.3) is 11.8 Å². The molecule has 0 radical (unpaired) electrons. The summed E-state index contributed by atoms with van der Waals surface area (Å²) in [6.45, 7) is 1.71. The van der Waals surface area contributed by atoms with E-state index in [1.165, 1.54) is 6.33 Å². The van der Waals surface area contributed by atoms with Crippen LogP contribution < -0.4 is 10.1 Å². The van der Waals surface area contributed by atoms with Crippen LogP contribution in [0.15, 0.2) is 49.2 Å². The van der Waals surface area contributed by atoms with Gasteiger partial charge in [-0.15, -0.1) is 0 Å². The number of rotatable bonds is 7. The van der Waals surface area contributed by atoms with Crippen molar-refractivity contribution in [2.75, 3.05) is 20.2 Å². The van der Waals surface area contributed by atoms with E-state index in [0.29, 0.717) is 43.1 Å². The minimum absolute atomic E-state index is 0.0139. The first-order valence-electron chi connectivity index (χ1n) is 11.0. The Labute approximate surface area is 192 Å². The second-order valence-corrected chi connectivity index (χ2v) is 8.22. The molecule has 172 valence electrons. The number of methoxy groups -OCH3 is 1. The number of aryl methyl sites for hydroxylation is 1. The van der Waals surface area contributed by atoms with E-state index in [9.17, 15) is 9.59 Å². The topological polar surface area (TPSA) is 102 Å². The highest BCUT2D eigenvalue weighted by atomic mass is 16.5. The number of para-hydroxylation sites is 1. The third-order valence-corrected chi connectivity index (χ3v) is 6.01. The minimum Gasteiger partial charge on any atom is -0.496 e. The Morgan fingerprint density at radius 3 is 2.70 bits per heavy atom. The maximum Gasteiger partial charge on any atom is 0.257 e. The van der Waals surface area contributed by atoms with Crippen LogP contribution in [0, 0.1) is 5.92 Å². The number of hydrogen-bond acceptors (Lipinski definition) is 6. The van der Waals surface area contributed by atoms with E-state index < -0.39 is 0 Å². The van der Waals surface area contributed by atoms with Crippen molar-refractivity contribution in [3.8, 4) is 5.75 Å². The summed E-state index contributed by atoms with van der Waals surface area (Å²) in [5.41, 5.74) is 2.74. The number of aromatic nitrogens is 4. The van der Waals surface area contributed by atoms with Crippen LogP contribution in [0.25, 0.3) is 0 Å². The van der Waals surface area contributed by atoms with Crippen LogP contribution in [0.3, 0.4) is 0 Å². The van der Waals surface area contributed by atoms with Crippen LogP contribution in [0.2, 0.25) is 0 Å². The van der Waals surface area contributed by atoms with Gasteiger partial charge in [0.15, 0.2) is 0 Å². The molecule has 1 fully saturated rings. The molecule has 1 aliphatic rings. The molecule has 0 bridgehead atoms. The van der Waals surface area contributed by atoms with Gasteiger partial charge in [-0.1, -0.05) is 18.2 Å². The Hall–Kier alpha value is -3.75. The average molecular weight is 449 g/mol. The molecule has 33 heavy (non-hydrogen) atoms. The summed E-state index contributed by atoms with van der Waals surface area (Å²) in [4.78, 5) is 35.9. The Balaban J connectivity index is 1.35. The number of ether oxygens (including phenoxy) is 1. The number of benzene rings is 1. The number of hydrogen-bond donors (Lipinski definition) is 1. The van der Waals surface area contributed by atoms with E-state index in [1.54, 1.807) is 37.4 Å². The molecule has 2 aromatic heterocycles. The summed E-state index contributed by atoms with van der Waals surface area (Å²) >= 11 is 0. The van der Waals surface area contributed by atoms with Gasteiger partial charge in [0, 0.05) is 44.6 Å². The van der Waals surface area contributed by atoms with Gasteiger partial charge >= 0.3 is 0 Å². The highest BCUT2D eigenvalue weighted by Gasteiger charge is 2.26. The Morgan fingerprint density at radius 2 is 1.97 bits per heavy atom. The highest BCUT2D eigenvalue weighted by Crippen LogP contribution is 2.23. The maximum atomic E-state index is 12.9. The first kappa shape index (κ1) is 22.4. The lowest BCUT2D eigenvalue weighted by atomic mass is 9.90. The van der Waals surface area contributed by atoms with E-state index in [-0.39, 0.29) is 11.8 Å². The van der Waals surface area contributed by atoms with Crippen LogP contribution in [0.4, 0.5) is 0 Å². The summed E-state index contributed by atoms with van der Waals surface area (Å²) in [6, 6.07) is 7.58. The summed E-state index contributed by atoms with van der Waals surface area (Å²) in [6.07, 6.45) is 8.79. The molecule has 1 aliphatic heterocycles. The summed E-state index contributed by atoms with van der Waals surface area (Å²) in [5, 5.41) is 7.03. The molecule has 9 nitrogen and oxygen atoms in total. The quantitative estimate of drug-likeness (QED) is 0.595. The van der Waals surface area contributed by atoms with Gasteiger partial charge in [-0.3, -0.25) is 14.3 Å². The molecule has 1 saturated heterocycles. The fraction of sp³-hybridized carbons (Fsp3) is 0.375. The number of carbonyl (C=O) groups is 2. The molecule has 0 atom stereocenters. The zero-order valence-electron chi connectivity index (χ0n) is 18.9. The van der Waals surface area contributed by atoms with Crippen LogP contribution >= 0.6 is 0 Å². The number of likely N-dealkylation sites (tertiary alicyclic amines) is 1. The number of carbonyl (C=O) groups excluding carboxylic acids is 2. The minimum atomic E-state index is -0.208. The third kappa shape index (κ3) is 5.36. The summed E-state index contributed by atoms with van der Waals surface area (Å²) in [5.74, 6) is 0.884. The summed E-state index contributed by atoms with van der Waals surface area (Å²) in [7, 11) is 3.41. The van der Waals surface area contributed by atoms with Crippen molar-refractivity contribution in [1.82, 2.24) is 30.0 Å². The second-order valence-electron chi connectivity index (χ2n) is 8.22. The van der Waals surface area contributed by atoms with Gasteiger partial charge in [-0.2, -0.15) is 5.10 Å². The molecule has 1 aromatic carbocycles. The molecular weight excluding hydrogens is 420 g/mol. The molecule has 3 aromatic rings. The van der Waals surface area contributed by atoms with E-state index >= 15 is 0 Å². The predicted octanol–water partition coefficient (Wildman–Crippen LogP) is 2.24. The SMILES string of the molecule is COc1ccccc1CNC(=O)c1cncnc1CC1CCN(C(=O)c2cnn(C)c2)CC1. The van der Waals surface area contributed by atoms with Crippen LogP contribution in [0.5, 0.6) is 5.75 Å². The number of piperidine rings is 1. The maximum absolute atomic E-state index is 12.9. The van der Waals surface area contributed by atoms with Crippen molar-refractivity contribution in [3.05, 3.63) is 71.6 Å². The molecular formula is C24H28N6O3. The molecule has 0 aliphatic carbocycles. The molecule has 4 rings (SSSR count). The van der Waals surface area contributed by atoms with E-state index in [0.717, 1.165) is 29.8 Å². The lowest BCUT2D eigenvalue weighted by molar-refractivity contribution is 0.0690. The lowest BCUT2D eigenvalue weighted by Gasteiger charge is -2.31. The van der Waals surface area contributed by atoms with Crippen molar-refractivity contribution < 1.29 is 14.3 Å². The predicted molar refractivity (Wildman–Crippen MR) is 122 cm³/mol. The lowest BCUT2D eigenvalue weighted by Crippen LogP contribution is -2.39. The van der Waals surface area contributed by atoms with Gasteiger partial charge in [0.1, 0.15) is 12.1 Å². The third-order valence-electron chi connectivity index (χ3n) is 6.01. The summed E-state index contributed by atoms with van der Waals surface area (Å²) < 4.78 is 6.99. The molecule has 3 heterocycles. The first-order chi connectivity index (χ1) is 16.0. The van der Waals surface area contributed by atoms with Crippen LogP contribution in [-0.4, -0.2) is 56.7 Å². The monoisotopic (exact) mass is 448 g/mol. The Bertz CT molecular complexity index is 1120. The fourth-order valence-corrected chi connectivity index (χ4v) is 4.15. The first-order valence-corrected chi connectivity index (χ1v) is 11.0. The van der Waals surface area contributed by atoms with E-state index in [2.05, 4.69) is 20.4 Å². The normalized spacial score (nSPS) is 14.2. The molecule has 2 amide bonds. The van der Waals surface area contributed by atoms with Gasteiger partial charge in [-0.05, 0) is 31.2 Å². The highest BCUT2D eigenvalue weighted by molar-refractivity contribution is 5.95. The molecule has 0 unspecified atom stereocenters. The standard InChI is InChI=1S/C24H28N6O3/c1-29-15-19(13-28-29)24(32)30-9-7-17(8-10-30)11-21-20(14-25-16-27-21)23(31)26-12-18-5-3-4-6-22(18)33-2/h3-6,13-17H,7-12H2,1-2H3,(H,26,31). The molecule has 1 N–H and O–H groups in total. The number of amides is 2.